The maximum Gasteiger partial charge on any atom is 0.255 e. The molecule has 0 aliphatic carbocycles. The van der Waals surface area contributed by atoms with Gasteiger partial charge in [0.2, 0.25) is 10.0 Å². The number of carbonyl (C=O) groups excluding carboxylic acids is 1. The third-order valence-corrected chi connectivity index (χ3v) is 7.42. The topological polar surface area (TPSA) is 70.6 Å². The highest BCUT2D eigenvalue weighted by atomic mass is 32.2. The lowest BCUT2D eigenvalue weighted by Crippen LogP contribution is -2.40. The van der Waals surface area contributed by atoms with E-state index < -0.39 is 10.0 Å². The summed E-state index contributed by atoms with van der Waals surface area (Å²) in [5.74, 6) is 0.358. The Morgan fingerprint density at radius 2 is 1.77 bits per heavy atom. The largest absolute Gasteiger partial charge is 0.339 e. The van der Waals surface area contributed by atoms with Gasteiger partial charge in [-0.2, -0.15) is 0 Å². The molecule has 2 aliphatic heterocycles. The Hall–Kier alpha value is -1.47. The third-order valence-electron chi connectivity index (χ3n) is 5.54. The number of rotatable bonds is 4. The Morgan fingerprint density at radius 1 is 1.12 bits per heavy atom. The molecule has 0 saturated carbocycles. The van der Waals surface area contributed by atoms with Crippen LogP contribution in [-0.2, 0) is 10.0 Å². The first-order valence-corrected chi connectivity index (χ1v) is 11.3. The molecule has 0 radical (unpaired) electrons. The number of amides is 1. The summed E-state index contributed by atoms with van der Waals surface area (Å²) in [4.78, 5) is 19.7. The van der Waals surface area contributed by atoms with Gasteiger partial charge in [0.15, 0.2) is 0 Å². The Morgan fingerprint density at radius 3 is 2.38 bits per heavy atom. The summed E-state index contributed by atoms with van der Waals surface area (Å²) >= 11 is 0. The number of nitrogens with zero attached hydrogens (tertiary/aromatic N) is 3. The minimum absolute atomic E-state index is 0.0795. The van der Waals surface area contributed by atoms with E-state index in [-0.39, 0.29) is 17.6 Å². The molecule has 0 unspecified atom stereocenters. The lowest BCUT2D eigenvalue weighted by Gasteiger charge is -2.32. The van der Waals surface area contributed by atoms with E-state index in [9.17, 15) is 13.2 Å². The average molecular weight is 380 g/mol. The lowest BCUT2D eigenvalue weighted by atomic mass is 9.90. The number of hydrogen-bond donors (Lipinski definition) is 0. The van der Waals surface area contributed by atoms with Crippen LogP contribution in [0.15, 0.2) is 12.1 Å². The van der Waals surface area contributed by atoms with E-state index in [1.54, 1.807) is 11.2 Å². The zero-order chi connectivity index (χ0) is 18.7. The van der Waals surface area contributed by atoms with E-state index in [1.165, 1.54) is 6.42 Å². The van der Waals surface area contributed by atoms with E-state index in [0.717, 1.165) is 50.2 Å². The number of piperidine rings is 2. The summed E-state index contributed by atoms with van der Waals surface area (Å²) in [6.45, 7) is 6.27. The molecule has 26 heavy (non-hydrogen) atoms. The van der Waals surface area contributed by atoms with Gasteiger partial charge in [0.1, 0.15) is 0 Å². The number of aryl methyl sites for hydroxylation is 1. The molecule has 2 aliphatic rings. The quantitative estimate of drug-likeness (QED) is 0.806. The number of pyridine rings is 1. The van der Waals surface area contributed by atoms with Crippen LogP contribution < -0.4 is 0 Å². The molecule has 2 fully saturated rings. The van der Waals surface area contributed by atoms with Crippen LogP contribution in [0.1, 0.15) is 66.7 Å². The first kappa shape index (κ1) is 19.3. The van der Waals surface area contributed by atoms with Gasteiger partial charge in [-0.3, -0.25) is 9.78 Å². The highest BCUT2D eigenvalue weighted by molar-refractivity contribution is 7.89. The summed E-state index contributed by atoms with van der Waals surface area (Å²) < 4.78 is 25.7. The molecule has 144 valence electrons. The molecule has 7 heteroatoms. The number of sulfonamides is 1. The number of hydrogen-bond acceptors (Lipinski definition) is 4. The fourth-order valence-electron chi connectivity index (χ4n) is 3.93. The Bertz CT molecular complexity index is 749. The van der Waals surface area contributed by atoms with Gasteiger partial charge in [0, 0.05) is 37.8 Å². The van der Waals surface area contributed by atoms with E-state index in [4.69, 9.17) is 4.98 Å². The molecule has 0 bridgehead atoms. The van der Waals surface area contributed by atoms with Gasteiger partial charge >= 0.3 is 0 Å². The molecule has 6 nitrogen and oxygen atoms in total. The first-order chi connectivity index (χ1) is 12.4. The predicted octanol–water partition coefficient (Wildman–Crippen LogP) is 2.55. The Balaban J connectivity index is 1.80. The second-order valence-corrected chi connectivity index (χ2v) is 9.57. The van der Waals surface area contributed by atoms with Gasteiger partial charge in [-0.25, -0.2) is 12.7 Å². The van der Waals surface area contributed by atoms with Crippen molar-refractivity contribution in [3.63, 3.8) is 0 Å². The molecular formula is C19H29N3O3S. The van der Waals surface area contributed by atoms with Gasteiger partial charge in [0.05, 0.1) is 17.0 Å². The van der Waals surface area contributed by atoms with Crippen molar-refractivity contribution in [2.75, 3.05) is 31.9 Å². The maximum atomic E-state index is 13.0. The Kier molecular flexibility index (Phi) is 5.97. The fourth-order valence-corrected chi connectivity index (χ4v) is 5.06. The van der Waals surface area contributed by atoms with E-state index in [1.807, 2.05) is 24.0 Å². The first-order valence-electron chi connectivity index (χ1n) is 9.67. The van der Waals surface area contributed by atoms with Crippen molar-refractivity contribution in [2.24, 2.45) is 0 Å². The second-order valence-electron chi connectivity index (χ2n) is 7.31. The molecule has 3 heterocycles. The van der Waals surface area contributed by atoms with Crippen LogP contribution in [0.3, 0.4) is 0 Å². The molecule has 1 aromatic rings. The van der Waals surface area contributed by atoms with Crippen molar-refractivity contribution in [3.05, 3.63) is 29.1 Å². The van der Waals surface area contributed by atoms with Crippen LogP contribution in [0.25, 0.3) is 0 Å². The fraction of sp³-hybridized carbons (Fsp3) is 0.684. The van der Waals surface area contributed by atoms with Crippen molar-refractivity contribution in [3.8, 4) is 0 Å². The average Bonchev–Trinajstić information content (AvgIpc) is 2.68. The molecule has 1 amide bonds. The molecule has 2 saturated heterocycles. The number of likely N-dealkylation sites (tertiary alicyclic amines) is 1. The maximum absolute atomic E-state index is 13.0. The zero-order valence-corrected chi connectivity index (χ0v) is 16.6. The summed E-state index contributed by atoms with van der Waals surface area (Å²) in [7, 11) is -3.14. The molecule has 0 spiro atoms. The van der Waals surface area contributed by atoms with Crippen molar-refractivity contribution in [1.82, 2.24) is 14.2 Å². The lowest BCUT2D eigenvalue weighted by molar-refractivity contribution is 0.0721. The molecule has 0 atom stereocenters. The number of carbonyl (C=O) groups is 1. The normalized spacial score (nSPS) is 20.3. The predicted molar refractivity (Wildman–Crippen MR) is 102 cm³/mol. The van der Waals surface area contributed by atoms with Crippen molar-refractivity contribution >= 4 is 15.9 Å². The van der Waals surface area contributed by atoms with E-state index in [0.29, 0.717) is 18.7 Å². The van der Waals surface area contributed by atoms with Gasteiger partial charge in [0.25, 0.3) is 5.91 Å². The highest BCUT2D eigenvalue weighted by Gasteiger charge is 2.31. The number of aromatic nitrogens is 1. The van der Waals surface area contributed by atoms with Crippen molar-refractivity contribution in [2.45, 2.75) is 51.9 Å². The SMILES string of the molecule is CCS(=O)(=O)N1CCC(c2nc(C)ccc2C(=O)N2CCCCC2)CC1. The van der Waals surface area contributed by atoms with Gasteiger partial charge in [-0.1, -0.05) is 0 Å². The molecule has 1 aromatic heterocycles. The van der Waals surface area contributed by atoms with Crippen molar-refractivity contribution in [1.29, 1.82) is 0 Å². The second kappa shape index (κ2) is 8.05. The van der Waals surface area contributed by atoms with Crippen LogP contribution >= 0.6 is 0 Å². The van der Waals surface area contributed by atoms with Crippen LogP contribution in [0.5, 0.6) is 0 Å². The molecular weight excluding hydrogens is 350 g/mol. The standard InChI is InChI=1S/C19H29N3O3S/c1-3-26(24,25)22-13-9-16(10-14-22)18-17(8-7-15(2)20-18)19(23)21-11-5-4-6-12-21/h7-8,16H,3-6,9-14H2,1-2H3. The zero-order valence-electron chi connectivity index (χ0n) is 15.8. The van der Waals surface area contributed by atoms with Gasteiger partial charge in [-0.15, -0.1) is 0 Å². The Labute approximate surface area is 156 Å². The van der Waals surface area contributed by atoms with Gasteiger partial charge in [-0.05, 0) is 58.1 Å². The summed E-state index contributed by atoms with van der Waals surface area (Å²) in [5.41, 5.74) is 2.46. The monoisotopic (exact) mass is 379 g/mol. The van der Waals surface area contributed by atoms with Crippen LogP contribution in [0.4, 0.5) is 0 Å². The van der Waals surface area contributed by atoms with Gasteiger partial charge < -0.3 is 4.90 Å². The summed E-state index contributed by atoms with van der Waals surface area (Å²) in [6, 6.07) is 3.81. The van der Waals surface area contributed by atoms with Crippen LogP contribution in [0.2, 0.25) is 0 Å². The van der Waals surface area contributed by atoms with Crippen LogP contribution in [-0.4, -0.2) is 60.4 Å². The molecule has 3 rings (SSSR count). The van der Waals surface area contributed by atoms with Crippen molar-refractivity contribution < 1.29 is 13.2 Å². The smallest absolute Gasteiger partial charge is 0.255 e. The van der Waals surface area contributed by atoms with Crippen LogP contribution in [0, 0.1) is 6.92 Å². The summed E-state index contributed by atoms with van der Waals surface area (Å²) in [5, 5.41) is 0. The minimum atomic E-state index is -3.14. The minimum Gasteiger partial charge on any atom is -0.339 e. The van der Waals surface area contributed by atoms with E-state index in [2.05, 4.69) is 0 Å². The third kappa shape index (κ3) is 4.09. The van der Waals surface area contributed by atoms with E-state index >= 15 is 0 Å². The summed E-state index contributed by atoms with van der Waals surface area (Å²) in [6.07, 6.45) is 4.75. The highest BCUT2D eigenvalue weighted by Crippen LogP contribution is 2.31. The molecule has 0 N–H and O–H groups in total. The molecule has 0 aromatic carbocycles.